The van der Waals surface area contributed by atoms with Gasteiger partial charge in [-0.1, -0.05) is 35.7 Å². The van der Waals surface area contributed by atoms with Crippen molar-refractivity contribution in [2.45, 2.75) is 45.6 Å². The molecule has 0 amide bonds. The molecule has 1 saturated heterocycles. The number of hydrogen-bond acceptors (Lipinski definition) is 2. The van der Waals surface area contributed by atoms with Crippen LogP contribution in [0.4, 0.5) is 0 Å². The Labute approximate surface area is 118 Å². The smallest absolute Gasteiger partial charge is 0.0329 e. The highest BCUT2D eigenvalue weighted by atomic mass is 15.1. The van der Waals surface area contributed by atoms with Gasteiger partial charge in [0.05, 0.1) is 0 Å². The molecular weight excluding hydrogens is 232 g/mol. The summed E-state index contributed by atoms with van der Waals surface area (Å²) in [5.41, 5.74) is 4.18. The monoisotopic (exact) mass is 260 g/mol. The number of aryl methyl sites for hydroxylation is 2. The van der Waals surface area contributed by atoms with Crippen LogP contribution in [0.2, 0.25) is 0 Å². The van der Waals surface area contributed by atoms with E-state index in [9.17, 15) is 0 Å². The highest BCUT2D eigenvalue weighted by molar-refractivity contribution is 5.30. The van der Waals surface area contributed by atoms with Crippen LogP contribution in [0.1, 0.15) is 48.4 Å². The minimum absolute atomic E-state index is 0.487. The second-order valence-electron chi connectivity index (χ2n) is 5.95. The molecular formula is C17H28N2. The van der Waals surface area contributed by atoms with Crippen molar-refractivity contribution in [3.63, 3.8) is 0 Å². The Morgan fingerprint density at radius 1 is 1.05 bits per heavy atom. The van der Waals surface area contributed by atoms with E-state index in [-0.39, 0.29) is 0 Å². The van der Waals surface area contributed by atoms with Gasteiger partial charge in [0.1, 0.15) is 0 Å². The molecule has 1 aromatic rings. The van der Waals surface area contributed by atoms with Gasteiger partial charge in [0, 0.05) is 6.04 Å². The van der Waals surface area contributed by atoms with Crippen LogP contribution in [0.3, 0.4) is 0 Å². The highest BCUT2D eigenvalue weighted by Crippen LogP contribution is 2.21. The summed E-state index contributed by atoms with van der Waals surface area (Å²) in [4.78, 5) is 2.62. The van der Waals surface area contributed by atoms with Gasteiger partial charge in [-0.05, 0) is 65.4 Å². The number of piperidine rings is 1. The number of nitrogens with one attached hydrogen (secondary N) is 1. The first-order valence-electron chi connectivity index (χ1n) is 7.67. The minimum Gasteiger partial charge on any atom is -0.313 e. The molecule has 1 aromatic carbocycles. The number of hydrogen-bond donors (Lipinski definition) is 1. The lowest BCUT2D eigenvalue weighted by atomic mass is 9.98. The Morgan fingerprint density at radius 2 is 1.68 bits per heavy atom. The Morgan fingerprint density at radius 3 is 2.26 bits per heavy atom. The molecule has 2 heteroatoms. The lowest BCUT2D eigenvalue weighted by molar-refractivity contribution is 0.218. The van der Waals surface area contributed by atoms with Crippen molar-refractivity contribution in [1.29, 1.82) is 0 Å². The molecule has 0 saturated carbocycles. The third-order valence-electron chi connectivity index (χ3n) is 4.18. The molecule has 1 N–H and O–H groups in total. The quantitative estimate of drug-likeness (QED) is 0.872. The molecule has 0 spiro atoms. The van der Waals surface area contributed by atoms with Crippen molar-refractivity contribution in [1.82, 2.24) is 10.2 Å². The maximum Gasteiger partial charge on any atom is 0.0329 e. The van der Waals surface area contributed by atoms with E-state index in [1.165, 1.54) is 62.0 Å². The van der Waals surface area contributed by atoms with Crippen LogP contribution in [-0.2, 0) is 0 Å². The van der Waals surface area contributed by atoms with Gasteiger partial charge in [0.25, 0.3) is 0 Å². The zero-order valence-electron chi connectivity index (χ0n) is 12.7. The minimum atomic E-state index is 0.487. The highest BCUT2D eigenvalue weighted by Gasteiger charge is 2.14. The van der Waals surface area contributed by atoms with Crippen molar-refractivity contribution in [2.24, 2.45) is 0 Å². The van der Waals surface area contributed by atoms with Crippen LogP contribution in [0, 0.1) is 13.8 Å². The first-order valence-corrected chi connectivity index (χ1v) is 7.67. The van der Waals surface area contributed by atoms with Crippen molar-refractivity contribution in [3.05, 3.63) is 34.9 Å². The average molecular weight is 260 g/mol. The molecule has 1 aliphatic heterocycles. The van der Waals surface area contributed by atoms with Gasteiger partial charge in [-0.3, -0.25) is 0 Å². The zero-order valence-corrected chi connectivity index (χ0v) is 12.7. The third kappa shape index (κ3) is 4.32. The van der Waals surface area contributed by atoms with Gasteiger partial charge in [-0.15, -0.1) is 0 Å². The molecule has 2 rings (SSSR count). The fourth-order valence-corrected chi connectivity index (χ4v) is 3.18. The van der Waals surface area contributed by atoms with Gasteiger partial charge in [-0.2, -0.15) is 0 Å². The van der Waals surface area contributed by atoms with Crippen LogP contribution in [-0.4, -0.2) is 31.6 Å². The van der Waals surface area contributed by atoms with Crippen molar-refractivity contribution in [3.8, 4) is 0 Å². The summed E-state index contributed by atoms with van der Waals surface area (Å²) in [5.74, 6) is 0. The van der Waals surface area contributed by atoms with E-state index in [4.69, 9.17) is 0 Å². The van der Waals surface area contributed by atoms with E-state index in [0.717, 1.165) is 0 Å². The first-order chi connectivity index (χ1) is 9.19. The maximum atomic E-state index is 3.49. The number of benzene rings is 1. The molecule has 1 aliphatic rings. The van der Waals surface area contributed by atoms with Gasteiger partial charge < -0.3 is 10.2 Å². The van der Waals surface area contributed by atoms with Crippen molar-refractivity contribution < 1.29 is 0 Å². The second-order valence-corrected chi connectivity index (χ2v) is 5.95. The summed E-state index contributed by atoms with van der Waals surface area (Å²) in [6.45, 7) is 8.19. The molecule has 0 aliphatic carbocycles. The predicted molar refractivity (Wildman–Crippen MR) is 82.6 cm³/mol. The standard InChI is InChI=1S/C17H28N2/c1-14-11-15(2)13-16(12-14)17(18-3)7-10-19-8-5-4-6-9-19/h11-13,17-18H,4-10H2,1-3H3. The summed E-state index contributed by atoms with van der Waals surface area (Å²) in [5, 5.41) is 3.49. The molecule has 2 nitrogen and oxygen atoms in total. The summed E-state index contributed by atoms with van der Waals surface area (Å²) >= 11 is 0. The number of nitrogens with zero attached hydrogens (tertiary/aromatic N) is 1. The van der Waals surface area contributed by atoms with E-state index in [1.807, 2.05) is 0 Å². The molecule has 1 atom stereocenters. The molecule has 1 fully saturated rings. The Bertz CT molecular complexity index is 374. The Balaban J connectivity index is 1.95. The summed E-state index contributed by atoms with van der Waals surface area (Å²) in [7, 11) is 2.08. The molecule has 0 radical (unpaired) electrons. The van der Waals surface area contributed by atoms with Crippen LogP contribution in [0.25, 0.3) is 0 Å². The van der Waals surface area contributed by atoms with Gasteiger partial charge in [0.2, 0.25) is 0 Å². The first kappa shape index (κ1) is 14.5. The van der Waals surface area contributed by atoms with Gasteiger partial charge in [0.15, 0.2) is 0 Å². The van der Waals surface area contributed by atoms with Crippen LogP contribution in [0.5, 0.6) is 0 Å². The largest absolute Gasteiger partial charge is 0.313 e. The topological polar surface area (TPSA) is 15.3 Å². The van der Waals surface area contributed by atoms with E-state index >= 15 is 0 Å². The van der Waals surface area contributed by atoms with E-state index in [2.05, 4.69) is 49.3 Å². The third-order valence-corrected chi connectivity index (χ3v) is 4.18. The predicted octanol–water partition coefficient (Wildman–Crippen LogP) is 3.44. The van der Waals surface area contributed by atoms with Gasteiger partial charge >= 0.3 is 0 Å². The number of rotatable bonds is 5. The summed E-state index contributed by atoms with van der Waals surface area (Å²) in [6, 6.07) is 7.39. The summed E-state index contributed by atoms with van der Waals surface area (Å²) in [6.07, 6.45) is 5.39. The maximum absolute atomic E-state index is 3.49. The normalized spacial score (nSPS) is 18.5. The molecule has 106 valence electrons. The Hall–Kier alpha value is -0.860. The van der Waals surface area contributed by atoms with E-state index in [1.54, 1.807) is 0 Å². The molecule has 0 bridgehead atoms. The molecule has 1 unspecified atom stereocenters. The van der Waals surface area contributed by atoms with Crippen LogP contribution in [0.15, 0.2) is 18.2 Å². The van der Waals surface area contributed by atoms with Gasteiger partial charge in [-0.25, -0.2) is 0 Å². The molecule has 0 aromatic heterocycles. The zero-order chi connectivity index (χ0) is 13.7. The lowest BCUT2D eigenvalue weighted by Gasteiger charge is -2.28. The average Bonchev–Trinajstić information content (AvgIpc) is 2.39. The Kier molecular flexibility index (Phi) is 5.41. The van der Waals surface area contributed by atoms with Crippen LogP contribution < -0.4 is 5.32 Å². The number of likely N-dealkylation sites (tertiary alicyclic amines) is 1. The van der Waals surface area contributed by atoms with Crippen molar-refractivity contribution >= 4 is 0 Å². The fourth-order valence-electron chi connectivity index (χ4n) is 3.18. The lowest BCUT2D eigenvalue weighted by Crippen LogP contribution is -2.32. The summed E-state index contributed by atoms with van der Waals surface area (Å²) < 4.78 is 0. The second kappa shape index (κ2) is 7.06. The van der Waals surface area contributed by atoms with Crippen LogP contribution >= 0.6 is 0 Å². The fraction of sp³-hybridized carbons (Fsp3) is 0.647. The van der Waals surface area contributed by atoms with E-state index in [0.29, 0.717) is 6.04 Å². The van der Waals surface area contributed by atoms with E-state index < -0.39 is 0 Å². The molecule has 19 heavy (non-hydrogen) atoms. The molecule has 1 heterocycles. The van der Waals surface area contributed by atoms with Crippen molar-refractivity contribution in [2.75, 3.05) is 26.7 Å². The SMILES string of the molecule is CNC(CCN1CCCCC1)c1cc(C)cc(C)c1.